The topological polar surface area (TPSA) is 113 Å². The van der Waals surface area contributed by atoms with E-state index in [0.29, 0.717) is 5.02 Å². The van der Waals surface area contributed by atoms with Crippen LogP contribution in [0.2, 0.25) is 5.02 Å². The number of carbonyl (C=O) groups excluding carboxylic acids is 1. The summed E-state index contributed by atoms with van der Waals surface area (Å²) in [5.41, 5.74) is 5.92. The van der Waals surface area contributed by atoms with E-state index < -0.39 is 24.0 Å². The van der Waals surface area contributed by atoms with E-state index in [0.717, 1.165) is 0 Å². The predicted molar refractivity (Wildman–Crippen MR) is 66.4 cm³/mol. The first kappa shape index (κ1) is 14.3. The number of hydrogen-bond donors (Lipinski definition) is 4. The lowest BCUT2D eigenvalue weighted by Gasteiger charge is -2.17. The summed E-state index contributed by atoms with van der Waals surface area (Å²) in [6.45, 7) is 1.27. The number of nitrogens with two attached hydrogens (primary N) is 1. The van der Waals surface area contributed by atoms with Gasteiger partial charge in [-0.1, -0.05) is 11.6 Å². The van der Waals surface area contributed by atoms with Gasteiger partial charge in [-0.3, -0.25) is 4.79 Å². The lowest BCUT2D eigenvalue weighted by Crippen LogP contribution is -2.47. The second kappa shape index (κ2) is 5.70. The molecule has 6 nitrogen and oxygen atoms in total. The highest BCUT2D eigenvalue weighted by Crippen LogP contribution is 2.19. The van der Waals surface area contributed by atoms with Gasteiger partial charge in [0, 0.05) is 5.56 Å². The highest BCUT2D eigenvalue weighted by molar-refractivity contribution is 6.33. The van der Waals surface area contributed by atoms with Gasteiger partial charge in [0.1, 0.15) is 0 Å². The molecule has 5 N–H and O–H groups in total. The van der Waals surface area contributed by atoms with Crippen LogP contribution in [0.5, 0.6) is 0 Å². The molecule has 2 atom stereocenters. The van der Waals surface area contributed by atoms with Crippen molar-refractivity contribution in [2.24, 2.45) is 0 Å². The summed E-state index contributed by atoms with van der Waals surface area (Å²) in [6.07, 6.45) is -1.21. The van der Waals surface area contributed by atoms with E-state index >= 15 is 0 Å². The molecule has 1 aromatic carbocycles. The number of hydrogen-bond acceptors (Lipinski definition) is 4. The largest absolute Gasteiger partial charge is 0.480 e. The molecule has 1 amide bonds. The van der Waals surface area contributed by atoms with Gasteiger partial charge in [0.25, 0.3) is 5.91 Å². The number of nitrogen functional groups attached to an aromatic ring is 1. The number of aliphatic carboxylic acids is 1. The summed E-state index contributed by atoms with van der Waals surface area (Å²) in [6, 6.07) is 2.80. The van der Waals surface area contributed by atoms with E-state index in [1.54, 1.807) is 0 Å². The van der Waals surface area contributed by atoms with Crippen LogP contribution in [-0.4, -0.2) is 34.2 Å². The number of nitrogens with one attached hydrogen (secondary N) is 1. The van der Waals surface area contributed by atoms with Crippen LogP contribution < -0.4 is 11.1 Å². The summed E-state index contributed by atoms with van der Waals surface area (Å²) in [7, 11) is 0. The quantitative estimate of drug-likeness (QED) is 0.596. The third kappa shape index (κ3) is 3.35. The number of halogens is 1. The molecule has 7 heteroatoms. The summed E-state index contributed by atoms with van der Waals surface area (Å²) >= 11 is 5.70. The molecule has 18 heavy (non-hydrogen) atoms. The lowest BCUT2D eigenvalue weighted by molar-refractivity contribution is -0.141. The minimum absolute atomic E-state index is 0.170. The highest BCUT2D eigenvalue weighted by Gasteiger charge is 2.25. The SMILES string of the molecule is C[C@@H](O)[C@H](NC(=O)c1ccc(Cl)c(N)c1)C(=O)O. The third-order valence-electron chi connectivity index (χ3n) is 2.29. The van der Waals surface area contributed by atoms with Crippen molar-refractivity contribution >= 4 is 29.2 Å². The van der Waals surface area contributed by atoms with Crippen LogP contribution in [0.3, 0.4) is 0 Å². The molecule has 0 fully saturated rings. The standard InChI is InChI=1S/C11H13ClN2O4/c1-5(15)9(11(17)18)14-10(16)6-2-3-7(12)8(13)4-6/h2-5,9,15H,13H2,1H3,(H,14,16)(H,17,18)/t5-,9+/m1/s1. The Kier molecular flexibility index (Phi) is 4.52. The molecule has 0 radical (unpaired) electrons. The van der Waals surface area contributed by atoms with Crippen molar-refractivity contribution in [3.05, 3.63) is 28.8 Å². The Balaban J connectivity index is 2.87. The third-order valence-corrected chi connectivity index (χ3v) is 2.64. The molecule has 0 unspecified atom stereocenters. The first-order valence-corrected chi connectivity index (χ1v) is 5.47. The first-order valence-electron chi connectivity index (χ1n) is 5.09. The van der Waals surface area contributed by atoms with Crippen molar-refractivity contribution in [2.75, 3.05) is 5.73 Å². The van der Waals surface area contributed by atoms with Gasteiger partial charge in [0.2, 0.25) is 0 Å². The number of anilines is 1. The normalized spacial score (nSPS) is 13.7. The molecular weight excluding hydrogens is 260 g/mol. The molecule has 0 spiro atoms. The minimum Gasteiger partial charge on any atom is -0.480 e. The molecule has 0 aliphatic carbocycles. The van der Waals surface area contributed by atoms with Crippen molar-refractivity contribution < 1.29 is 19.8 Å². The van der Waals surface area contributed by atoms with Crippen LogP contribution >= 0.6 is 11.6 Å². The highest BCUT2D eigenvalue weighted by atomic mass is 35.5. The molecular formula is C11H13ClN2O4. The average molecular weight is 273 g/mol. The zero-order chi connectivity index (χ0) is 13.9. The molecule has 98 valence electrons. The maximum atomic E-state index is 11.7. The van der Waals surface area contributed by atoms with Crippen LogP contribution in [0.4, 0.5) is 5.69 Å². The molecule has 0 saturated carbocycles. The monoisotopic (exact) mass is 272 g/mol. The van der Waals surface area contributed by atoms with Crippen LogP contribution in [0.15, 0.2) is 18.2 Å². The van der Waals surface area contributed by atoms with Crippen LogP contribution in [-0.2, 0) is 4.79 Å². The molecule has 0 heterocycles. The van der Waals surface area contributed by atoms with Gasteiger partial charge in [-0.05, 0) is 25.1 Å². The number of aliphatic hydroxyl groups is 1. The van der Waals surface area contributed by atoms with Gasteiger partial charge in [-0.2, -0.15) is 0 Å². The van der Waals surface area contributed by atoms with Gasteiger partial charge < -0.3 is 21.3 Å². The zero-order valence-electron chi connectivity index (χ0n) is 9.55. The second-order valence-corrected chi connectivity index (χ2v) is 4.17. The van der Waals surface area contributed by atoms with Crippen molar-refractivity contribution in [1.29, 1.82) is 0 Å². The fourth-order valence-corrected chi connectivity index (χ4v) is 1.42. The maximum Gasteiger partial charge on any atom is 0.328 e. The van der Waals surface area contributed by atoms with Gasteiger partial charge >= 0.3 is 5.97 Å². The number of rotatable bonds is 4. The van der Waals surface area contributed by atoms with Crippen molar-refractivity contribution in [2.45, 2.75) is 19.1 Å². The van der Waals surface area contributed by atoms with Crippen molar-refractivity contribution in [3.8, 4) is 0 Å². The Morgan fingerprint density at radius 2 is 2.06 bits per heavy atom. The molecule has 0 aromatic heterocycles. The van der Waals surface area contributed by atoms with Crippen molar-refractivity contribution in [1.82, 2.24) is 5.32 Å². The van der Waals surface area contributed by atoms with Crippen molar-refractivity contribution in [3.63, 3.8) is 0 Å². The van der Waals surface area contributed by atoms with Crippen LogP contribution in [0.1, 0.15) is 17.3 Å². The molecule has 0 saturated heterocycles. The summed E-state index contributed by atoms with van der Waals surface area (Å²) in [5, 5.41) is 20.5. The molecule has 0 aliphatic rings. The fraction of sp³-hybridized carbons (Fsp3) is 0.273. The number of carboxylic acids is 1. The predicted octanol–water partition coefficient (Wildman–Crippen LogP) is 0.486. The Hall–Kier alpha value is -1.79. The van der Waals surface area contributed by atoms with E-state index in [2.05, 4.69) is 5.32 Å². The lowest BCUT2D eigenvalue weighted by atomic mass is 10.1. The number of benzene rings is 1. The number of aliphatic hydroxyl groups excluding tert-OH is 1. The summed E-state index contributed by atoms with van der Waals surface area (Å²) in [4.78, 5) is 22.6. The average Bonchev–Trinajstić information content (AvgIpc) is 2.28. The Bertz CT molecular complexity index is 476. The maximum absolute atomic E-state index is 11.7. The van der Waals surface area contributed by atoms with Gasteiger partial charge in [-0.15, -0.1) is 0 Å². The Morgan fingerprint density at radius 3 is 2.50 bits per heavy atom. The summed E-state index contributed by atoms with van der Waals surface area (Å²) in [5.74, 6) is -1.97. The number of carboxylic acid groups (broad SMARTS) is 1. The van der Waals surface area contributed by atoms with Gasteiger partial charge in [-0.25, -0.2) is 4.79 Å². The number of amides is 1. The molecule has 0 bridgehead atoms. The van der Waals surface area contributed by atoms with E-state index in [1.807, 2.05) is 0 Å². The van der Waals surface area contributed by atoms with Gasteiger partial charge in [0.05, 0.1) is 16.8 Å². The minimum atomic E-state index is -1.38. The summed E-state index contributed by atoms with van der Waals surface area (Å²) < 4.78 is 0. The Morgan fingerprint density at radius 1 is 1.44 bits per heavy atom. The van der Waals surface area contributed by atoms with E-state index in [1.165, 1.54) is 25.1 Å². The molecule has 0 aliphatic heterocycles. The van der Waals surface area contributed by atoms with E-state index in [9.17, 15) is 14.7 Å². The smallest absolute Gasteiger partial charge is 0.328 e. The van der Waals surface area contributed by atoms with E-state index in [4.69, 9.17) is 22.4 Å². The molecule has 1 aromatic rings. The number of carbonyl (C=O) groups is 2. The van der Waals surface area contributed by atoms with E-state index in [-0.39, 0.29) is 11.3 Å². The Labute approximate surface area is 108 Å². The zero-order valence-corrected chi connectivity index (χ0v) is 10.3. The van der Waals surface area contributed by atoms with Crippen LogP contribution in [0.25, 0.3) is 0 Å². The molecule has 1 rings (SSSR count). The second-order valence-electron chi connectivity index (χ2n) is 3.77. The van der Waals surface area contributed by atoms with Crippen LogP contribution in [0, 0.1) is 0 Å². The fourth-order valence-electron chi connectivity index (χ4n) is 1.30. The first-order chi connectivity index (χ1) is 8.32. The van der Waals surface area contributed by atoms with Gasteiger partial charge in [0.15, 0.2) is 6.04 Å².